The maximum atomic E-state index is 12.5. The van der Waals surface area contributed by atoms with Gasteiger partial charge in [-0.2, -0.15) is 0 Å². The van der Waals surface area contributed by atoms with Gasteiger partial charge in [0.2, 0.25) is 0 Å². The van der Waals surface area contributed by atoms with Crippen LogP contribution in [0.4, 0.5) is 0 Å². The number of ether oxygens (including phenoxy) is 2. The third kappa shape index (κ3) is 45.0. The standard InChI is InChI=1S/C63H120O6/c1-2-3-4-5-6-7-8-9-10-11-12-13-14-15-16-17-18-19-20-21-22-23-24-25-26-27-28-29-30-31-32-33-34-35-36-37-38-39-40-41-42-43-44-45-46-47-48-49-50-51-52-53-54-60-55-61(66)68-58-63(56-64,57-65)59-69-62(60)67/h41-42,60,64-65H,2-40,43-59H2,1H3/b42-41+. The van der Waals surface area contributed by atoms with Crippen molar-refractivity contribution in [1.29, 1.82) is 0 Å². The molecule has 1 saturated heterocycles. The van der Waals surface area contributed by atoms with Crippen LogP contribution in [0, 0.1) is 11.3 Å². The van der Waals surface area contributed by atoms with Gasteiger partial charge in [0.15, 0.2) is 0 Å². The minimum absolute atomic E-state index is 0.00139. The lowest BCUT2D eigenvalue weighted by molar-refractivity contribution is -0.155. The maximum Gasteiger partial charge on any atom is 0.309 e. The van der Waals surface area contributed by atoms with Crippen LogP contribution in [0.2, 0.25) is 0 Å². The van der Waals surface area contributed by atoms with Crippen molar-refractivity contribution < 1.29 is 29.3 Å². The van der Waals surface area contributed by atoms with E-state index in [0.717, 1.165) is 19.3 Å². The number of esters is 2. The highest BCUT2D eigenvalue weighted by Gasteiger charge is 2.36. The van der Waals surface area contributed by atoms with Crippen molar-refractivity contribution in [3.8, 4) is 0 Å². The molecule has 1 rings (SSSR count). The summed E-state index contributed by atoms with van der Waals surface area (Å²) in [6.07, 6.45) is 75.7. The van der Waals surface area contributed by atoms with Gasteiger partial charge in [0.25, 0.3) is 0 Å². The Hall–Kier alpha value is -1.40. The second-order valence-electron chi connectivity index (χ2n) is 22.4. The predicted molar refractivity (Wildman–Crippen MR) is 297 cm³/mol. The van der Waals surface area contributed by atoms with E-state index in [1.807, 2.05) is 0 Å². The Kier molecular flexibility index (Phi) is 50.3. The first-order chi connectivity index (χ1) is 34.1. The minimum atomic E-state index is -1.13. The normalized spacial score (nSPS) is 15.4. The molecule has 408 valence electrons. The molecule has 0 aliphatic carbocycles. The molecule has 0 aromatic rings. The number of unbranched alkanes of at least 4 members (excludes halogenated alkanes) is 48. The minimum Gasteiger partial charge on any atom is -0.465 e. The fourth-order valence-electron chi connectivity index (χ4n) is 10.4. The van der Waals surface area contributed by atoms with E-state index < -0.39 is 36.5 Å². The van der Waals surface area contributed by atoms with Gasteiger partial charge < -0.3 is 19.7 Å². The number of hydrogen-bond acceptors (Lipinski definition) is 6. The molecule has 2 N–H and O–H groups in total. The van der Waals surface area contributed by atoms with E-state index in [1.165, 1.54) is 302 Å². The van der Waals surface area contributed by atoms with E-state index in [4.69, 9.17) is 9.47 Å². The number of carbonyl (C=O) groups is 2. The summed E-state index contributed by atoms with van der Waals surface area (Å²) in [6, 6.07) is 0. The summed E-state index contributed by atoms with van der Waals surface area (Å²) in [5.74, 6) is -1.41. The molecule has 1 aliphatic rings. The van der Waals surface area contributed by atoms with Gasteiger partial charge in [-0.3, -0.25) is 9.59 Å². The van der Waals surface area contributed by atoms with E-state index in [1.54, 1.807) is 0 Å². The van der Waals surface area contributed by atoms with Gasteiger partial charge in [0, 0.05) is 0 Å². The van der Waals surface area contributed by atoms with Crippen LogP contribution < -0.4 is 0 Å². The maximum absolute atomic E-state index is 12.5. The SMILES string of the molecule is CCCCCCCCCCCCCCCCCCCCCCCCCCCCCCCCCCCCCCCC/C=C/CCCCCCCCCCCCC1CC(=O)OCC(CO)(CO)COC1=O. The zero-order chi connectivity index (χ0) is 49.7. The quantitative estimate of drug-likeness (QED) is 0.0358. The van der Waals surface area contributed by atoms with Crippen LogP contribution in [0.25, 0.3) is 0 Å². The number of carbonyl (C=O) groups excluding carboxylic acids is 2. The molecule has 0 radical (unpaired) electrons. The van der Waals surface area contributed by atoms with E-state index in [2.05, 4.69) is 19.1 Å². The number of aliphatic hydroxyl groups is 2. The molecule has 69 heavy (non-hydrogen) atoms. The average molecular weight is 974 g/mol. The number of rotatable bonds is 54. The van der Waals surface area contributed by atoms with Crippen LogP contribution >= 0.6 is 0 Å². The topological polar surface area (TPSA) is 93.1 Å². The van der Waals surface area contributed by atoms with E-state index in [9.17, 15) is 19.8 Å². The predicted octanol–water partition coefficient (Wildman–Crippen LogP) is 19.5. The smallest absolute Gasteiger partial charge is 0.309 e. The second-order valence-corrected chi connectivity index (χ2v) is 22.4. The zero-order valence-corrected chi connectivity index (χ0v) is 46.4. The largest absolute Gasteiger partial charge is 0.465 e. The van der Waals surface area contributed by atoms with Gasteiger partial charge in [-0.1, -0.05) is 314 Å². The first kappa shape index (κ1) is 65.6. The Bertz CT molecular complexity index is 1090. The fraction of sp³-hybridized carbons (Fsp3) is 0.937. The van der Waals surface area contributed by atoms with E-state index in [0.29, 0.717) is 6.42 Å². The molecule has 0 spiro atoms. The van der Waals surface area contributed by atoms with E-state index >= 15 is 0 Å². The Labute approximate surface area is 430 Å². The summed E-state index contributed by atoms with van der Waals surface area (Å²) >= 11 is 0. The fourth-order valence-corrected chi connectivity index (χ4v) is 10.4. The van der Waals surface area contributed by atoms with Crippen molar-refractivity contribution in [1.82, 2.24) is 0 Å². The molecule has 1 atom stereocenters. The van der Waals surface area contributed by atoms with Crippen molar-refractivity contribution in [3.05, 3.63) is 12.2 Å². The van der Waals surface area contributed by atoms with Gasteiger partial charge in [-0.25, -0.2) is 0 Å². The molecule has 0 amide bonds. The van der Waals surface area contributed by atoms with Crippen molar-refractivity contribution >= 4 is 11.9 Å². The number of aliphatic hydroxyl groups excluding tert-OH is 2. The molecule has 6 heteroatoms. The number of hydrogen-bond donors (Lipinski definition) is 2. The molecule has 0 bridgehead atoms. The van der Waals surface area contributed by atoms with Crippen LogP contribution in [0.5, 0.6) is 0 Å². The monoisotopic (exact) mass is 973 g/mol. The van der Waals surface area contributed by atoms with Crippen molar-refractivity contribution in [2.45, 2.75) is 341 Å². The summed E-state index contributed by atoms with van der Waals surface area (Å²) in [5.41, 5.74) is -1.13. The Morgan fingerprint density at radius 2 is 0.623 bits per heavy atom. The molecule has 0 aromatic heterocycles. The van der Waals surface area contributed by atoms with Gasteiger partial charge in [0.1, 0.15) is 13.2 Å². The first-order valence-corrected chi connectivity index (χ1v) is 31.3. The highest BCUT2D eigenvalue weighted by molar-refractivity contribution is 5.80. The molecule has 1 aliphatic heterocycles. The third-order valence-corrected chi connectivity index (χ3v) is 15.5. The Morgan fingerprint density at radius 1 is 0.377 bits per heavy atom. The average Bonchev–Trinajstić information content (AvgIpc) is 3.41. The van der Waals surface area contributed by atoms with Gasteiger partial charge in [-0.15, -0.1) is 0 Å². The van der Waals surface area contributed by atoms with Crippen LogP contribution in [-0.2, 0) is 19.1 Å². The van der Waals surface area contributed by atoms with Crippen molar-refractivity contribution in [2.24, 2.45) is 11.3 Å². The summed E-state index contributed by atoms with van der Waals surface area (Å²) in [6.45, 7) is 1.20. The highest BCUT2D eigenvalue weighted by atomic mass is 16.6. The van der Waals surface area contributed by atoms with Gasteiger partial charge in [0.05, 0.1) is 31.0 Å². The zero-order valence-electron chi connectivity index (χ0n) is 46.4. The Morgan fingerprint density at radius 3 is 0.899 bits per heavy atom. The summed E-state index contributed by atoms with van der Waals surface area (Å²) in [7, 11) is 0. The van der Waals surface area contributed by atoms with Gasteiger partial charge >= 0.3 is 11.9 Å². The van der Waals surface area contributed by atoms with Crippen molar-refractivity contribution in [3.63, 3.8) is 0 Å². The molecular weight excluding hydrogens is 853 g/mol. The van der Waals surface area contributed by atoms with Crippen LogP contribution in [0.3, 0.4) is 0 Å². The molecule has 1 heterocycles. The van der Waals surface area contributed by atoms with Crippen LogP contribution in [0.1, 0.15) is 341 Å². The van der Waals surface area contributed by atoms with Gasteiger partial charge in [-0.05, 0) is 32.1 Å². The lowest BCUT2D eigenvalue weighted by Crippen LogP contribution is -2.40. The first-order valence-electron chi connectivity index (χ1n) is 31.3. The molecule has 0 saturated carbocycles. The lowest BCUT2D eigenvalue weighted by Gasteiger charge is -2.27. The molecule has 0 aromatic carbocycles. The summed E-state index contributed by atoms with van der Waals surface area (Å²) < 4.78 is 10.6. The lowest BCUT2D eigenvalue weighted by atomic mass is 9.92. The third-order valence-electron chi connectivity index (χ3n) is 15.5. The number of cyclic esters (lactones) is 2. The van der Waals surface area contributed by atoms with Crippen molar-refractivity contribution in [2.75, 3.05) is 26.4 Å². The second kappa shape index (κ2) is 52.9. The molecular formula is C63H120O6. The molecule has 1 fully saturated rings. The summed E-state index contributed by atoms with van der Waals surface area (Å²) in [5, 5.41) is 19.2. The number of allylic oxidation sites excluding steroid dienone is 2. The Balaban J connectivity index is 1.69. The molecule has 1 unspecified atom stereocenters. The highest BCUT2D eigenvalue weighted by Crippen LogP contribution is 2.25. The summed E-state index contributed by atoms with van der Waals surface area (Å²) in [4.78, 5) is 24.7. The van der Waals surface area contributed by atoms with Crippen LogP contribution in [0.15, 0.2) is 12.2 Å². The van der Waals surface area contributed by atoms with E-state index in [-0.39, 0.29) is 19.6 Å². The molecule has 6 nitrogen and oxygen atoms in total. The van der Waals surface area contributed by atoms with Crippen LogP contribution in [-0.4, -0.2) is 48.6 Å².